The van der Waals surface area contributed by atoms with Gasteiger partial charge in [0, 0.05) is 39.3 Å². The minimum absolute atomic E-state index is 0.366. The molecule has 0 bridgehead atoms. The summed E-state index contributed by atoms with van der Waals surface area (Å²) in [4.78, 5) is 24.5. The van der Waals surface area contributed by atoms with Gasteiger partial charge in [0.2, 0.25) is 0 Å². The zero-order valence-electron chi connectivity index (χ0n) is 8.45. The van der Waals surface area contributed by atoms with Gasteiger partial charge in [0.15, 0.2) is 0 Å². The van der Waals surface area contributed by atoms with Gasteiger partial charge in [-0.05, 0) is 0 Å². The highest BCUT2D eigenvalue weighted by molar-refractivity contribution is 4.70. The maximum Gasteiger partial charge on any atom is 0.344 e. The lowest BCUT2D eigenvalue weighted by molar-refractivity contribution is 0.231. The van der Waals surface area contributed by atoms with Crippen LogP contribution in [0.15, 0.2) is 9.59 Å². The summed E-state index contributed by atoms with van der Waals surface area (Å²) in [5.74, 6) is 0. The molecule has 0 radical (unpaired) electrons. The van der Waals surface area contributed by atoms with Crippen LogP contribution in [0.3, 0.4) is 0 Å². The van der Waals surface area contributed by atoms with E-state index < -0.39 is 0 Å². The zero-order chi connectivity index (χ0) is 10.7. The van der Waals surface area contributed by atoms with Crippen molar-refractivity contribution < 1.29 is 0 Å². The minimum atomic E-state index is -0.366. The average Bonchev–Trinajstić information content (AvgIpc) is 2.58. The van der Waals surface area contributed by atoms with Crippen molar-refractivity contribution in [3.8, 4) is 0 Å². The smallest absolute Gasteiger partial charge is 0.314 e. The van der Waals surface area contributed by atoms with Crippen molar-refractivity contribution >= 4 is 0 Å². The number of rotatable bonds is 3. The molecule has 1 saturated heterocycles. The number of aromatic amines is 2. The Labute approximate surface area is 86.1 Å². The molecule has 1 aromatic heterocycles. The lowest BCUT2D eigenvalue weighted by Gasteiger charge is -2.26. The van der Waals surface area contributed by atoms with Crippen LogP contribution in [-0.4, -0.2) is 52.4 Å². The molecule has 0 aliphatic carbocycles. The van der Waals surface area contributed by atoms with Gasteiger partial charge in [-0.3, -0.25) is 4.90 Å². The minimum Gasteiger partial charge on any atom is -0.314 e. The third-order valence-electron chi connectivity index (χ3n) is 2.62. The van der Waals surface area contributed by atoms with Crippen LogP contribution in [0.1, 0.15) is 0 Å². The van der Waals surface area contributed by atoms with Crippen LogP contribution in [0.2, 0.25) is 0 Å². The zero-order valence-corrected chi connectivity index (χ0v) is 8.45. The molecule has 0 aromatic carbocycles. The van der Waals surface area contributed by atoms with E-state index in [9.17, 15) is 9.59 Å². The van der Waals surface area contributed by atoms with Crippen molar-refractivity contribution in [2.45, 2.75) is 6.54 Å². The van der Waals surface area contributed by atoms with Gasteiger partial charge in [0.1, 0.15) is 0 Å². The third-order valence-corrected chi connectivity index (χ3v) is 2.62. The summed E-state index contributed by atoms with van der Waals surface area (Å²) in [6, 6.07) is 0. The number of piperazine rings is 1. The highest BCUT2D eigenvalue weighted by atomic mass is 16.2. The van der Waals surface area contributed by atoms with Crippen LogP contribution in [0, 0.1) is 0 Å². The molecular formula is C8H15N5O2. The molecular weight excluding hydrogens is 198 g/mol. The predicted octanol–water partition coefficient (Wildman–Crippen LogP) is -2.23. The first-order valence-corrected chi connectivity index (χ1v) is 5.08. The Balaban J connectivity index is 1.92. The Kier molecular flexibility index (Phi) is 3.02. The molecule has 2 rings (SSSR count). The number of hydrogen-bond donors (Lipinski definition) is 3. The van der Waals surface area contributed by atoms with Gasteiger partial charge in [0.05, 0.1) is 0 Å². The van der Waals surface area contributed by atoms with Crippen molar-refractivity contribution in [3.63, 3.8) is 0 Å². The second-order valence-electron chi connectivity index (χ2n) is 3.60. The topological polar surface area (TPSA) is 85.9 Å². The third kappa shape index (κ3) is 2.37. The van der Waals surface area contributed by atoms with Gasteiger partial charge >= 0.3 is 11.4 Å². The molecule has 1 aliphatic heterocycles. The van der Waals surface area contributed by atoms with Crippen molar-refractivity contribution in [1.82, 2.24) is 25.0 Å². The normalized spacial score (nSPS) is 18.1. The van der Waals surface area contributed by atoms with Crippen LogP contribution >= 0.6 is 0 Å². The van der Waals surface area contributed by atoms with E-state index in [2.05, 4.69) is 20.4 Å². The molecule has 1 fully saturated rings. The molecule has 0 saturated carbocycles. The van der Waals surface area contributed by atoms with Gasteiger partial charge in [-0.25, -0.2) is 24.4 Å². The molecule has 0 unspecified atom stereocenters. The Morgan fingerprint density at radius 1 is 1.00 bits per heavy atom. The van der Waals surface area contributed by atoms with Crippen molar-refractivity contribution in [2.75, 3.05) is 32.7 Å². The molecule has 1 aliphatic rings. The standard InChI is InChI=1S/C8H15N5O2/c14-7-10-11-8(15)13(7)6-5-12-3-1-9-2-4-12/h9H,1-6H2,(H,10,14)(H,11,15). The Morgan fingerprint density at radius 2 is 1.60 bits per heavy atom. The molecule has 7 heteroatoms. The summed E-state index contributed by atoms with van der Waals surface area (Å²) in [6.45, 7) is 5.06. The molecule has 3 N–H and O–H groups in total. The van der Waals surface area contributed by atoms with Gasteiger partial charge < -0.3 is 5.32 Å². The first kappa shape index (κ1) is 10.2. The number of hydrogen-bond acceptors (Lipinski definition) is 4. The molecule has 84 valence electrons. The Hall–Kier alpha value is -1.34. The number of aromatic nitrogens is 3. The highest BCUT2D eigenvalue weighted by Gasteiger charge is 2.10. The maximum atomic E-state index is 11.2. The van der Waals surface area contributed by atoms with Gasteiger partial charge in [-0.2, -0.15) is 0 Å². The summed E-state index contributed by atoms with van der Waals surface area (Å²) >= 11 is 0. The molecule has 7 nitrogen and oxygen atoms in total. The van der Waals surface area contributed by atoms with Gasteiger partial charge in [-0.1, -0.05) is 0 Å². The summed E-state index contributed by atoms with van der Waals surface area (Å²) < 4.78 is 1.18. The van der Waals surface area contributed by atoms with E-state index in [4.69, 9.17) is 0 Å². The lowest BCUT2D eigenvalue weighted by atomic mass is 10.3. The lowest BCUT2D eigenvalue weighted by Crippen LogP contribution is -2.45. The molecule has 15 heavy (non-hydrogen) atoms. The van der Waals surface area contributed by atoms with E-state index in [0.29, 0.717) is 6.54 Å². The molecule has 0 amide bonds. The van der Waals surface area contributed by atoms with Gasteiger partial charge in [-0.15, -0.1) is 0 Å². The largest absolute Gasteiger partial charge is 0.344 e. The molecule has 2 heterocycles. The summed E-state index contributed by atoms with van der Waals surface area (Å²) in [5, 5.41) is 7.77. The van der Waals surface area contributed by atoms with Gasteiger partial charge in [0.25, 0.3) is 0 Å². The van der Waals surface area contributed by atoms with Crippen molar-refractivity contribution in [2.24, 2.45) is 0 Å². The summed E-state index contributed by atoms with van der Waals surface area (Å²) in [6.07, 6.45) is 0. The van der Waals surface area contributed by atoms with Crippen LogP contribution in [0.4, 0.5) is 0 Å². The van der Waals surface area contributed by atoms with Crippen LogP contribution in [0.25, 0.3) is 0 Å². The van der Waals surface area contributed by atoms with Crippen LogP contribution in [-0.2, 0) is 6.54 Å². The Bertz CT molecular complexity index is 384. The second kappa shape index (κ2) is 4.45. The van der Waals surface area contributed by atoms with Crippen molar-refractivity contribution in [1.29, 1.82) is 0 Å². The first-order chi connectivity index (χ1) is 7.27. The maximum absolute atomic E-state index is 11.2. The van der Waals surface area contributed by atoms with Crippen molar-refractivity contribution in [3.05, 3.63) is 21.0 Å². The Morgan fingerprint density at radius 3 is 2.20 bits per heavy atom. The second-order valence-corrected chi connectivity index (χ2v) is 3.60. The van der Waals surface area contributed by atoms with Crippen LogP contribution < -0.4 is 16.7 Å². The fraction of sp³-hybridized carbons (Fsp3) is 0.750. The van der Waals surface area contributed by atoms with E-state index in [-0.39, 0.29) is 11.4 Å². The number of nitrogens with zero attached hydrogens (tertiary/aromatic N) is 2. The summed E-state index contributed by atoms with van der Waals surface area (Å²) in [7, 11) is 0. The van der Waals surface area contributed by atoms with E-state index >= 15 is 0 Å². The monoisotopic (exact) mass is 213 g/mol. The molecule has 1 aromatic rings. The molecule has 0 spiro atoms. The predicted molar refractivity (Wildman–Crippen MR) is 55.0 cm³/mol. The van der Waals surface area contributed by atoms with E-state index in [0.717, 1.165) is 32.7 Å². The number of nitrogens with one attached hydrogen (secondary N) is 3. The fourth-order valence-corrected chi connectivity index (χ4v) is 1.71. The van der Waals surface area contributed by atoms with E-state index in [1.807, 2.05) is 0 Å². The quantitative estimate of drug-likeness (QED) is 0.530. The van der Waals surface area contributed by atoms with E-state index in [1.54, 1.807) is 0 Å². The summed E-state index contributed by atoms with van der Waals surface area (Å²) in [5.41, 5.74) is -0.731. The fourth-order valence-electron chi connectivity index (χ4n) is 1.71. The van der Waals surface area contributed by atoms with Crippen LogP contribution in [0.5, 0.6) is 0 Å². The SMILES string of the molecule is O=c1[nH][nH]c(=O)n1CCN1CCNCC1. The molecule has 0 atom stereocenters. The van der Waals surface area contributed by atoms with E-state index in [1.165, 1.54) is 4.57 Å². The number of H-pyrrole nitrogens is 2. The highest BCUT2D eigenvalue weighted by Crippen LogP contribution is 1.91. The first-order valence-electron chi connectivity index (χ1n) is 5.08. The average molecular weight is 213 g/mol.